The lowest BCUT2D eigenvalue weighted by atomic mass is 10.0. The zero-order valence-corrected chi connectivity index (χ0v) is 15.0. The highest BCUT2D eigenvalue weighted by atomic mass is 16.3. The van der Waals surface area contributed by atoms with Crippen molar-refractivity contribution < 1.29 is 5.11 Å². The van der Waals surface area contributed by atoms with Crippen molar-refractivity contribution in [3.05, 3.63) is 46.1 Å². The largest absolute Gasteiger partial charge is 0.508 e. The highest BCUT2D eigenvalue weighted by Crippen LogP contribution is 2.26. The number of benzene rings is 2. The van der Waals surface area contributed by atoms with Gasteiger partial charge >= 0.3 is 0 Å². The van der Waals surface area contributed by atoms with Crippen molar-refractivity contribution in [3.63, 3.8) is 0 Å². The molecule has 2 aromatic carbocycles. The van der Waals surface area contributed by atoms with E-state index in [1.165, 1.54) is 0 Å². The Morgan fingerprint density at radius 1 is 1.16 bits per heavy atom. The molecule has 0 aliphatic rings. The second-order valence-corrected chi connectivity index (χ2v) is 6.32. The van der Waals surface area contributed by atoms with Gasteiger partial charge in [-0.1, -0.05) is 19.9 Å². The fraction of sp³-hybridized carbons (Fsp3) is 0.350. The lowest BCUT2D eigenvalue weighted by Gasteiger charge is -2.19. The van der Waals surface area contributed by atoms with Crippen LogP contribution in [-0.2, 0) is 0 Å². The van der Waals surface area contributed by atoms with Crippen LogP contribution >= 0.6 is 0 Å². The summed E-state index contributed by atoms with van der Waals surface area (Å²) in [4.78, 5) is 18.7. The number of H-pyrrole nitrogens is 1. The predicted molar refractivity (Wildman–Crippen MR) is 105 cm³/mol. The van der Waals surface area contributed by atoms with Gasteiger partial charge < -0.3 is 20.3 Å². The van der Waals surface area contributed by atoms with Crippen molar-refractivity contribution in [1.82, 2.24) is 9.88 Å². The van der Waals surface area contributed by atoms with Gasteiger partial charge in [-0.25, -0.2) is 0 Å². The smallest absolute Gasteiger partial charge is 0.199 e. The Balaban J connectivity index is 2.06. The molecule has 0 spiro atoms. The molecule has 0 saturated heterocycles. The van der Waals surface area contributed by atoms with Gasteiger partial charge in [-0.05, 0) is 43.8 Å². The van der Waals surface area contributed by atoms with Gasteiger partial charge in [0.2, 0.25) is 0 Å². The maximum Gasteiger partial charge on any atom is 0.199 e. The van der Waals surface area contributed by atoms with Gasteiger partial charge in [-0.15, -0.1) is 0 Å². The Labute approximate surface area is 147 Å². The first-order valence-electron chi connectivity index (χ1n) is 8.79. The van der Waals surface area contributed by atoms with Crippen LogP contribution in [0, 0.1) is 6.92 Å². The maximum atomic E-state index is 13.0. The number of likely N-dealkylation sites (N-methyl/N-ethyl adjacent to an activating group) is 1. The van der Waals surface area contributed by atoms with E-state index in [4.69, 9.17) is 0 Å². The molecule has 0 unspecified atom stereocenters. The topological polar surface area (TPSA) is 68.4 Å². The van der Waals surface area contributed by atoms with Gasteiger partial charge in [0, 0.05) is 30.2 Å². The Morgan fingerprint density at radius 2 is 1.92 bits per heavy atom. The molecular formula is C20H25N3O2. The number of phenols is 1. The number of aromatic hydroxyl groups is 1. The summed E-state index contributed by atoms with van der Waals surface area (Å²) in [5.41, 5.74) is 3.31. The number of phenolic OH excluding ortho intramolecular Hbond substituents is 1. The zero-order valence-electron chi connectivity index (χ0n) is 15.0. The third kappa shape index (κ3) is 3.33. The summed E-state index contributed by atoms with van der Waals surface area (Å²) in [7, 11) is 0. The van der Waals surface area contributed by atoms with E-state index >= 15 is 0 Å². The molecule has 0 radical (unpaired) electrons. The van der Waals surface area contributed by atoms with Crippen LogP contribution in [0.5, 0.6) is 5.75 Å². The van der Waals surface area contributed by atoms with Crippen molar-refractivity contribution in [2.45, 2.75) is 20.8 Å². The molecule has 3 N–H and O–H groups in total. The molecular weight excluding hydrogens is 314 g/mol. The highest BCUT2D eigenvalue weighted by Gasteiger charge is 2.12. The van der Waals surface area contributed by atoms with Crippen LogP contribution in [0.25, 0.3) is 21.8 Å². The van der Waals surface area contributed by atoms with Crippen LogP contribution in [0.15, 0.2) is 35.1 Å². The molecule has 0 aliphatic carbocycles. The minimum absolute atomic E-state index is 0.0159. The maximum absolute atomic E-state index is 13.0. The van der Waals surface area contributed by atoms with Gasteiger partial charge in [0.25, 0.3) is 0 Å². The van der Waals surface area contributed by atoms with Gasteiger partial charge in [-0.2, -0.15) is 0 Å². The molecule has 5 nitrogen and oxygen atoms in total. The van der Waals surface area contributed by atoms with Crippen molar-refractivity contribution in [2.75, 3.05) is 31.5 Å². The quantitative estimate of drug-likeness (QED) is 0.602. The van der Waals surface area contributed by atoms with Gasteiger partial charge in [0.1, 0.15) is 5.75 Å². The molecule has 3 aromatic rings. The Bertz CT molecular complexity index is 958. The number of aromatic amines is 1. The van der Waals surface area contributed by atoms with Crippen molar-refractivity contribution >= 4 is 27.5 Å². The standard InChI is InChI=1S/C20H25N3O2/c1-4-23(5-2)11-10-21-16-9-6-13(3)19-18(16)20(25)15-8-7-14(24)12-17(15)22-19/h6-9,12,21,24H,4-5,10-11H2,1-3H3,(H,22,25). The summed E-state index contributed by atoms with van der Waals surface area (Å²) in [5.74, 6) is 0.147. The van der Waals surface area contributed by atoms with Gasteiger partial charge in [0.15, 0.2) is 5.43 Å². The molecule has 0 bridgehead atoms. The minimum Gasteiger partial charge on any atom is -0.508 e. The van der Waals surface area contributed by atoms with E-state index in [-0.39, 0.29) is 11.2 Å². The zero-order chi connectivity index (χ0) is 18.0. The predicted octanol–water partition coefficient (Wildman–Crippen LogP) is 3.45. The second-order valence-electron chi connectivity index (χ2n) is 6.32. The number of aromatic nitrogens is 1. The Kier molecular flexibility index (Phi) is 4.95. The van der Waals surface area contributed by atoms with Crippen LogP contribution in [0.1, 0.15) is 19.4 Å². The number of nitrogens with one attached hydrogen (secondary N) is 2. The van der Waals surface area contributed by atoms with Gasteiger partial charge in [-0.3, -0.25) is 4.79 Å². The minimum atomic E-state index is -0.0159. The number of hydrogen-bond acceptors (Lipinski definition) is 4. The fourth-order valence-corrected chi connectivity index (χ4v) is 3.24. The van der Waals surface area contributed by atoms with E-state index in [1.807, 2.05) is 19.1 Å². The number of aryl methyl sites for hydroxylation is 1. The number of nitrogens with zero attached hydrogens (tertiary/aromatic N) is 1. The fourth-order valence-electron chi connectivity index (χ4n) is 3.24. The molecule has 0 fully saturated rings. The SMILES string of the molecule is CCN(CC)CCNc1ccc(C)c2[nH]c3cc(O)ccc3c(=O)c12. The average molecular weight is 339 g/mol. The van der Waals surface area contributed by atoms with Crippen LogP contribution in [0.2, 0.25) is 0 Å². The van der Waals surface area contributed by atoms with Crippen LogP contribution in [-0.4, -0.2) is 41.2 Å². The molecule has 1 heterocycles. The van der Waals surface area contributed by atoms with Crippen LogP contribution in [0.4, 0.5) is 5.69 Å². The van der Waals surface area contributed by atoms with Crippen molar-refractivity contribution in [1.29, 1.82) is 0 Å². The molecule has 0 saturated carbocycles. The van der Waals surface area contributed by atoms with E-state index in [2.05, 4.69) is 29.0 Å². The van der Waals surface area contributed by atoms with E-state index in [0.29, 0.717) is 16.3 Å². The first-order chi connectivity index (χ1) is 12.0. The number of anilines is 1. The lowest BCUT2D eigenvalue weighted by molar-refractivity contribution is 0.316. The monoisotopic (exact) mass is 339 g/mol. The summed E-state index contributed by atoms with van der Waals surface area (Å²) in [5, 5.41) is 14.4. The summed E-state index contributed by atoms with van der Waals surface area (Å²) >= 11 is 0. The summed E-state index contributed by atoms with van der Waals surface area (Å²) in [6.45, 7) is 10.0. The summed E-state index contributed by atoms with van der Waals surface area (Å²) < 4.78 is 0. The molecule has 25 heavy (non-hydrogen) atoms. The van der Waals surface area contributed by atoms with E-state index in [9.17, 15) is 9.90 Å². The molecule has 1 aromatic heterocycles. The molecule has 3 rings (SSSR count). The Morgan fingerprint density at radius 3 is 2.64 bits per heavy atom. The number of fused-ring (bicyclic) bond motifs is 2. The molecule has 5 heteroatoms. The van der Waals surface area contributed by atoms with E-state index in [1.54, 1.807) is 18.2 Å². The second kappa shape index (κ2) is 7.15. The number of rotatable bonds is 6. The lowest BCUT2D eigenvalue weighted by Crippen LogP contribution is -2.28. The van der Waals surface area contributed by atoms with E-state index in [0.717, 1.165) is 42.9 Å². The summed E-state index contributed by atoms with van der Waals surface area (Å²) in [6, 6.07) is 8.79. The third-order valence-electron chi connectivity index (χ3n) is 4.79. The number of hydrogen-bond donors (Lipinski definition) is 3. The molecule has 0 aliphatic heterocycles. The average Bonchev–Trinajstić information content (AvgIpc) is 2.60. The molecule has 0 atom stereocenters. The summed E-state index contributed by atoms with van der Waals surface area (Å²) in [6.07, 6.45) is 0. The van der Waals surface area contributed by atoms with Crippen LogP contribution < -0.4 is 10.7 Å². The Hall–Kier alpha value is -2.53. The number of pyridine rings is 1. The molecule has 0 amide bonds. The van der Waals surface area contributed by atoms with E-state index < -0.39 is 0 Å². The first-order valence-corrected chi connectivity index (χ1v) is 8.79. The van der Waals surface area contributed by atoms with Crippen molar-refractivity contribution in [2.24, 2.45) is 0 Å². The normalized spacial score (nSPS) is 11.5. The third-order valence-corrected chi connectivity index (χ3v) is 4.79. The highest BCUT2D eigenvalue weighted by molar-refractivity contribution is 6.00. The van der Waals surface area contributed by atoms with Gasteiger partial charge in [0.05, 0.1) is 16.4 Å². The first kappa shape index (κ1) is 17.3. The van der Waals surface area contributed by atoms with Crippen LogP contribution in [0.3, 0.4) is 0 Å². The van der Waals surface area contributed by atoms with Crippen molar-refractivity contribution in [3.8, 4) is 5.75 Å². The molecule has 132 valence electrons.